The molecule has 2 aromatic heterocycles. The van der Waals surface area contributed by atoms with Gasteiger partial charge in [0.1, 0.15) is 11.6 Å². The molecule has 0 saturated carbocycles. The van der Waals surface area contributed by atoms with Gasteiger partial charge in [-0.3, -0.25) is 4.98 Å². The van der Waals surface area contributed by atoms with E-state index in [0.29, 0.717) is 10.8 Å². The number of aryl methyl sites for hydroxylation is 1. The van der Waals surface area contributed by atoms with E-state index in [2.05, 4.69) is 20.9 Å². The van der Waals surface area contributed by atoms with Gasteiger partial charge in [0.2, 0.25) is 0 Å². The first-order valence-corrected chi connectivity index (χ1v) is 11.1. The Morgan fingerprint density at radius 3 is 2.42 bits per heavy atom. The predicted molar refractivity (Wildman–Crippen MR) is 131 cm³/mol. The maximum absolute atomic E-state index is 13.5. The first-order chi connectivity index (χ1) is 16.0. The quantitative estimate of drug-likeness (QED) is 0.395. The van der Waals surface area contributed by atoms with Gasteiger partial charge < -0.3 is 19.9 Å². The summed E-state index contributed by atoms with van der Waals surface area (Å²) in [6.45, 7) is 4.08. The van der Waals surface area contributed by atoms with Crippen molar-refractivity contribution in [2.75, 3.05) is 4.90 Å². The molecule has 1 aliphatic rings. The Bertz CT molecular complexity index is 1320. The first-order valence-electron chi connectivity index (χ1n) is 10.7. The number of aromatic nitrogens is 2. The number of anilines is 1. The van der Waals surface area contributed by atoms with Crippen LogP contribution in [0.3, 0.4) is 0 Å². The van der Waals surface area contributed by atoms with Crippen LogP contribution >= 0.6 is 12.2 Å². The highest BCUT2D eigenvalue weighted by Crippen LogP contribution is 2.45. The lowest BCUT2D eigenvalue weighted by atomic mass is 9.96. The van der Waals surface area contributed by atoms with Gasteiger partial charge in [0, 0.05) is 23.3 Å². The van der Waals surface area contributed by atoms with E-state index in [1.54, 1.807) is 30.5 Å². The van der Waals surface area contributed by atoms with Crippen LogP contribution in [-0.4, -0.2) is 19.8 Å². The number of para-hydroxylation sites is 2. The molecule has 5 rings (SSSR count). The molecule has 0 unspecified atom stereocenters. The van der Waals surface area contributed by atoms with Crippen molar-refractivity contribution in [3.8, 4) is 11.4 Å². The fourth-order valence-electron chi connectivity index (χ4n) is 4.67. The van der Waals surface area contributed by atoms with Gasteiger partial charge in [0.15, 0.2) is 5.11 Å². The van der Waals surface area contributed by atoms with Crippen LogP contribution < -0.4 is 10.2 Å². The summed E-state index contributed by atoms with van der Waals surface area (Å²) >= 11 is 5.75. The molecule has 7 heteroatoms. The number of phenolic OH excluding ortho intramolecular Hbond substituents is 1. The van der Waals surface area contributed by atoms with E-state index < -0.39 is 0 Å². The van der Waals surface area contributed by atoms with Gasteiger partial charge in [-0.15, -0.1) is 0 Å². The smallest absolute Gasteiger partial charge is 0.174 e. The molecule has 3 heterocycles. The van der Waals surface area contributed by atoms with Gasteiger partial charge in [-0.05, 0) is 86.2 Å². The van der Waals surface area contributed by atoms with Crippen molar-refractivity contribution < 1.29 is 9.50 Å². The molecule has 1 aliphatic heterocycles. The molecule has 1 fully saturated rings. The highest BCUT2D eigenvalue weighted by molar-refractivity contribution is 7.80. The molecule has 5 nitrogen and oxygen atoms in total. The Morgan fingerprint density at radius 2 is 1.73 bits per heavy atom. The van der Waals surface area contributed by atoms with E-state index in [0.717, 1.165) is 28.3 Å². The van der Waals surface area contributed by atoms with Crippen LogP contribution in [0.15, 0.2) is 79.0 Å². The minimum absolute atomic E-state index is 0.153. The third-order valence-electron chi connectivity index (χ3n) is 6.11. The van der Waals surface area contributed by atoms with Crippen molar-refractivity contribution in [1.29, 1.82) is 0 Å². The molecule has 2 N–H and O–H groups in total. The molecule has 0 spiro atoms. The Labute approximate surface area is 197 Å². The van der Waals surface area contributed by atoms with E-state index in [1.807, 2.05) is 49.1 Å². The molecule has 0 bridgehead atoms. The fraction of sp³-hybridized carbons (Fsp3) is 0.154. The lowest BCUT2D eigenvalue weighted by Crippen LogP contribution is -2.29. The fourth-order valence-corrected chi connectivity index (χ4v) is 5.01. The van der Waals surface area contributed by atoms with Gasteiger partial charge in [-0.2, -0.15) is 0 Å². The van der Waals surface area contributed by atoms with E-state index in [1.165, 1.54) is 12.1 Å². The SMILES string of the molecule is Cc1cc([C@H]2[C@@H](c3ccccn3)NC(=S)N2c2ccccc2O)c(C)n1-c1ccc(F)cc1. The number of aromatic hydroxyl groups is 1. The maximum atomic E-state index is 13.5. The van der Waals surface area contributed by atoms with Crippen molar-refractivity contribution in [3.05, 3.63) is 107 Å². The zero-order chi connectivity index (χ0) is 23.1. The summed E-state index contributed by atoms with van der Waals surface area (Å²) < 4.78 is 15.6. The van der Waals surface area contributed by atoms with E-state index in [9.17, 15) is 9.50 Å². The van der Waals surface area contributed by atoms with Crippen LogP contribution in [0.5, 0.6) is 5.75 Å². The van der Waals surface area contributed by atoms with Crippen LogP contribution in [0.2, 0.25) is 0 Å². The summed E-state index contributed by atoms with van der Waals surface area (Å²) in [6, 6.07) is 21.1. The summed E-state index contributed by atoms with van der Waals surface area (Å²) in [5.41, 5.74) is 5.44. The van der Waals surface area contributed by atoms with Crippen molar-refractivity contribution in [1.82, 2.24) is 14.9 Å². The minimum atomic E-state index is -0.271. The molecule has 0 aliphatic carbocycles. The monoisotopic (exact) mass is 458 g/mol. The van der Waals surface area contributed by atoms with Crippen molar-refractivity contribution in [2.45, 2.75) is 25.9 Å². The maximum Gasteiger partial charge on any atom is 0.174 e. The highest BCUT2D eigenvalue weighted by Gasteiger charge is 2.43. The Kier molecular flexibility index (Phi) is 5.34. The molecule has 33 heavy (non-hydrogen) atoms. The van der Waals surface area contributed by atoms with Gasteiger partial charge in [0.25, 0.3) is 0 Å². The van der Waals surface area contributed by atoms with Crippen molar-refractivity contribution >= 4 is 23.0 Å². The van der Waals surface area contributed by atoms with Crippen LogP contribution in [-0.2, 0) is 0 Å². The zero-order valence-corrected chi connectivity index (χ0v) is 19.1. The first kappa shape index (κ1) is 21.2. The molecule has 2 aromatic carbocycles. The average Bonchev–Trinajstić information content (AvgIpc) is 3.31. The number of hydrogen-bond donors (Lipinski definition) is 2. The number of hydrogen-bond acceptors (Lipinski definition) is 3. The van der Waals surface area contributed by atoms with Gasteiger partial charge in [-0.1, -0.05) is 18.2 Å². The van der Waals surface area contributed by atoms with Crippen LogP contribution in [0.25, 0.3) is 5.69 Å². The second-order valence-corrected chi connectivity index (χ2v) is 8.51. The topological polar surface area (TPSA) is 53.3 Å². The van der Waals surface area contributed by atoms with Crippen LogP contribution in [0, 0.1) is 19.7 Å². The summed E-state index contributed by atoms with van der Waals surface area (Å²) in [6.07, 6.45) is 1.77. The molecule has 0 radical (unpaired) electrons. The third kappa shape index (κ3) is 3.64. The van der Waals surface area contributed by atoms with Gasteiger partial charge in [-0.25, -0.2) is 4.39 Å². The number of halogens is 1. The molecule has 166 valence electrons. The number of nitrogens with zero attached hydrogens (tertiary/aromatic N) is 3. The number of nitrogens with one attached hydrogen (secondary N) is 1. The number of phenols is 1. The normalized spacial score (nSPS) is 17.9. The highest BCUT2D eigenvalue weighted by atomic mass is 32.1. The summed E-state index contributed by atoms with van der Waals surface area (Å²) in [5, 5.41) is 14.6. The minimum Gasteiger partial charge on any atom is -0.506 e. The third-order valence-corrected chi connectivity index (χ3v) is 6.43. The van der Waals surface area contributed by atoms with E-state index in [-0.39, 0.29) is 23.7 Å². The largest absolute Gasteiger partial charge is 0.506 e. The predicted octanol–water partition coefficient (Wildman–Crippen LogP) is 5.51. The Balaban J connectivity index is 1.69. The Hall–Kier alpha value is -3.71. The lowest BCUT2D eigenvalue weighted by molar-refractivity contribution is 0.472. The molecule has 4 aromatic rings. The molecule has 1 saturated heterocycles. The lowest BCUT2D eigenvalue weighted by Gasteiger charge is -2.28. The molecule has 2 atom stereocenters. The van der Waals surface area contributed by atoms with Gasteiger partial charge >= 0.3 is 0 Å². The number of rotatable bonds is 4. The summed E-state index contributed by atoms with van der Waals surface area (Å²) in [5.74, 6) is -0.117. The molecule has 0 amide bonds. The second-order valence-electron chi connectivity index (χ2n) is 8.12. The van der Waals surface area contributed by atoms with Crippen molar-refractivity contribution in [2.24, 2.45) is 0 Å². The summed E-state index contributed by atoms with van der Waals surface area (Å²) in [4.78, 5) is 6.55. The number of pyridine rings is 1. The second kappa shape index (κ2) is 8.33. The van der Waals surface area contributed by atoms with Crippen LogP contribution in [0.1, 0.15) is 34.7 Å². The molecular formula is C26H23FN4OS. The zero-order valence-electron chi connectivity index (χ0n) is 18.2. The average molecular weight is 459 g/mol. The standard InChI is InChI=1S/C26H23FN4OS/c1-16-15-20(17(2)30(16)19-12-10-18(27)11-13-19)25-24(21-7-5-6-14-28-21)29-26(33)31(25)22-8-3-4-9-23(22)32/h3-15,24-25,32H,1-2H3,(H,29,33)/t24-,25+/m1/s1. The number of benzene rings is 2. The summed E-state index contributed by atoms with van der Waals surface area (Å²) in [7, 11) is 0. The van der Waals surface area contributed by atoms with Crippen LogP contribution in [0.4, 0.5) is 10.1 Å². The van der Waals surface area contributed by atoms with Crippen molar-refractivity contribution in [3.63, 3.8) is 0 Å². The molecular weight excluding hydrogens is 435 g/mol. The van der Waals surface area contributed by atoms with E-state index in [4.69, 9.17) is 12.2 Å². The van der Waals surface area contributed by atoms with E-state index >= 15 is 0 Å². The number of thiocarbonyl (C=S) groups is 1. The van der Waals surface area contributed by atoms with Gasteiger partial charge in [0.05, 0.1) is 23.5 Å². The Morgan fingerprint density at radius 1 is 1.00 bits per heavy atom.